The Kier molecular flexibility index (Phi) is 3.59. The van der Waals surface area contributed by atoms with Gasteiger partial charge in [0.25, 0.3) is 0 Å². The van der Waals surface area contributed by atoms with Crippen molar-refractivity contribution in [1.82, 2.24) is 0 Å². The summed E-state index contributed by atoms with van der Waals surface area (Å²) >= 11 is 11.8. The average molecular weight is 354 g/mol. The Morgan fingerprint density at radius 3 is 2.58 bits per heavy atom. The lowest BCUT2D eigenvalue weighted by Gasteiger charge is -2.03. The lowest BCUT2D eigenvalue weighted by atomic mass is 10.1. The minimum Gasteiger partial charge on any atom is -0.135 e. The highest BCUT2D eigenvalue weighted by atomic mass is 79.9. The van der Waals surface area contributed by atoms with Crippen molar-refractivity contribution in [2.45, 2.75) is 26.7 Å². The molecule has 0 fully saturated rings. The van der Waals surface area contributed by atoms with E-state index in [-0.39, 0.29) is 0 Å². The van der Waals surface area contributed by atoms with Crippen molar-refractivity contribution in [2.24, 2.45) is 0 Å². The maximum absolute atomic E-state index is 6.33. The second kappa shape index (κ2) is 5.08. The van der Waals surface area contributed by atoms with E-state index >= 15 is 0 Å². The molecule has 0 nitrogen and oxygen atoms in total. The molecule has 98 valence electrons. The van der Waals surface area contributed by atoms with E-state index in [0.29, 0.717) is 0 Å². The number of hydrogen-bond donors (Lipinski definition) is 0. The van der Waals surface area contributed by atoms with Gasteiger partial charge >= 0.3 is 0 Å². The number of hydrogen-bond acceptors (Lipinski definition) is 1. The fourth-order valence-electron chi connectivity index (χ4n) is 2.54. The lowest BCUT2D eigenvalue weighted by molar-refractivity contribution is 1.15. The minimum atomic E-state index is 0.888. The maximum atomic E-state index is 6.33. The number of thiophene rings is 1. The van der Waals surface area contributed by atoms with Gasteiger partial charge in [-0.2, -0.15) is 0 Å². The molecular weight excluding hydrogens is 340 g/mol. The molecule has 0 saturated carbocycles. The SMILES string of the molecule is CCc1cc2c(cc1Cl)sc1c(CC)c(Br)ccc12. The van der Waals surface area contributed by atoms with Gasteiger partial charge in [0.05, 0.1) is 0 Å². The molecule has 3 rings (SSSR count). The molecule has 1 aromatic heterocycles. The van der Waals surface area contributed by atoms with Crippen LogP contribution in [0.4, 0.5) is 0 Å². The first-order chi connectivity index (χ1) is 9.15. The highest BCUT2D eigenvalue weighted by Crippen LogP contribution is 2.40. The van der Waals surface area contributed by atoms with Gasteiger partial charge in [-0.1, -0.05) is 47.4 Å². The maximum Gasteiger partial charge on any atom is 0.0452 e. The zero-order chi connectivity index (χ0) is 13.6. The van der Waals surface area contributed by atoms with E-state index in [4.69, 9.17) is 11.6 Å². The molecule has 0 atom stereocenters. The number of halogens is 2. The Morgan fingerprint density at radius 2 is 1.89 bits per heavy atom. The van der Waals surface area contributed by atoms with Gasteiger partial charge < -0.3 is 0 Å². The molecule has 0 aliphatic carbocycles. The van der Waals surface area contributed by atoms with E-state index in [9.17, 15) is 0 Å². The first kappa shape index (κ1) is 13.4. The Labute approximate surface area is 130 Å². The zero-order valence-electron chi connectivity index (χ0n) is 10.9. The first-order valence-corrected chi connectivity index (χ1v) is 8.46. The third-order valence-electron chi connectivity index (χ3n) is 3.59. The zero-order valence-corrected chi connectivity index (χ0v) is 14.0. The number of benzene rings is 2. The summed E-state index contributed by atoms with van der Waals surface area (Å²) in [5, 5.41) is 3.58. The van der Waals surface area contributed by atoms with Gasteiger partial charge in [-0.3, -0.25) is 0 Å². The summed E-state index contributed by atoms with van der Waals surface area (Å²) in [7, 11) is 0. The van der Waals surface area contributed by atoms with Gasteiger partial charge in [0.2, 0.25) is 0 Å². The molecule has 0 radical (unpaired) electrons. The molecule has 0 unspecified atom stereocenters. The molecule has 3 heteroatoms. The number of fused-ring (bicyclic) bond motifs is 3. The Hall–Kier alpha value is -0.570. The van der Waals surface area contributed by atoms with Gasteiger partial charge in [-0.25, -0.2) is 0 Å². The van der Waals surface area contributed by atoms with Crippen molar-refractivity contribution in [2.75, 3.05) is 0 Å². The molecule has 0 saturated heterocycles. The molecule has 19 heavy (non-hydrogen) atoms. The van der Waals surface area contributed by atoms with Crippen molar-refractivity contribution in [3.05, 3.63) is 44.9 Å². The Bertz CT molecular complexity index is 773. The van der Waals surface area contributed by atoms with Crippen molar-refractivity contribution < 1.29 is 0 Å². The van der Waals surface area contributed by atoms with Crippen LogP contribution >= 0.6 is 38.9 Å². The molecule has 0 aliphatic rings. The van der Waals surface area contributed by atoms with Crippen LogP contribution in [-0.4, -0.2) is 0 Å². The summed E-state index contributed by atoms with van der Waals surface area (Å²) in [6.07, 6.45) is 2.02. The smallest absolute Gasteiger partial charge is 0.0452 e. The van der Waals surface area contributed by atoms with Crippen molar-refractivity contribution >= 4 is 59.0 Å². The van der Waals surface area contributed by atoms with Crippen LogP contribution < -0.4 is 0 Å². The van der Waals surface area contributed by atoms with Crippen LogP contribution in [0.2, 0.25) is 5.02 Å². The third-order valence-corrected chi connectivity index (χ3v) is 5.91. The van der Waals surface area contributed by atoms with Crippen LogP contribution in [0.3, 0.4) is 0 Å². The lowest BCUT2D eigenvalue weighted by Crippen LogP contribution is -1.83. The third kappa shape index (κ3) is 2.10. The van der Waals surface area contributed by atoms with Gasteiger partial charge in [-0.05, 0) is 42.2 Å². The molecule has 1 heterocycles. The fraction of sp³-hybridized carbons (Fsp3) is 0.250. The van der Waals surface area contributed by atoms with Crippen LogP contribution in [0.25, 0.3) is 20.2 Å². The summed E-state index contributed by atoms with van der Waals surface area (Å²) in [6, 6.07) is 8.75. The van der Waals surface area contributed by atoms with Gasteiger partial charge in [-0.15, -0.1) is 11.3 Å². The molecule has 0 amide bonds. The molecule has 0 spiro atoms. The van der Waals surface area contributed by atoms with E-state index in [2.05, 4.69) is 54.0 Å². The monoisotopic (exact) mass is 352 g/mol. The summed E-state index contributed by atoms with van der Waals surface area (Å²) < 4.78 is 3.87. The van der Waals surface area contributed by atoms with Gasteiger partial charge in [0.15, 0.2) is 0 Å². The minimum absolute atomic E-state index is 0.888. The van der Waals surface area contributed by atoms with E-state index in [1.807, 2.05) is 11.3 Å². The van der Waals surface area contributed by atoms with Crippen LogP contribution in [0.15, 0.2) is 28.7 Å². The molecule has 0 N–H and O–H groups in total. The summed E-state index contributed by atoms with van der Waals surface area (Å²) in [5.41, 5.74) is 2.63. The largest absolute Gasteiger partial charge is 0.135 e. The standard InChI is InChI=1S/C16H14BrClS/c1-3-9-7-12-11-5-6-13(17)10(4-2)16(11)19-15(12)8-14(9)18/h5-8H,3-4H2,1-2H3. The molecule has 0 aliphatic heterocycles. The van der Waals surface area contributed by atoms with E-state index in [0.717, 1.165) is 17.9 Å². The second-order valence-electron chi connectivity index (χ2n) is 4.65. The predicted octanol–water partition coefficient (Wildman–Crippen LogP) is 6.60. The first-order valence-electron chi connectivity index (χ1n) is 6.47. The summed E-state index contributed by atoms with van der Waals surface area (Å²) in [4.78, 5) is 0. The quantitative estimate of drug-likeness (QED) is 0.487. The second-order valence-corrected chi connectivity index (χ2v) is 6.97. The van der Waals surface area contributed by atoms with Gasteiger partial charge in [0.1, 0.15) is 0 Å². The van der Waals surface area contributed by atoms with Crippen LogP contribution in [0.5, 0.6) is 0 Å². The van der Waals surface area contributed by atoms with Crippen LogP contribution in [-0.2, 0) is 12.8 Å². The Balaban J connectivity index is 2.45. The summed E-state index contributed by atoms with van der Waals surface area (Å²) in [6.45, 7) is 4.35. The Morgan fingerprint density at radius 1 is 1.11 bits per heavy atom. The van der Waals surface area contributed by atoms with Crippen molar-refractivity contribution in [3.8, 4) is 0 Å². The average Bonchev–Trinajstić information content (AvgIpc) is 2.74. The molecule has 2 aromatic carbocycles. The normalized spacial score (nSPS) is 11.6. The van der Waals surface area contributed by atoms with Crippen LogP contribution in [0, 0.1) is 0 Å². The number of aryl methyl sites for hydroxylation is 2. The molecule has 0 bridgehead atoms. The van der Waals surface area contributed by atoms with Gasteiger partial charge in [0, 0.05) is 29.7 Å². The fourth-order valence-corrected chi connectivity index (χ4v) is 4.98. The predicted molar refractivity (Wildman–Crippen MR) is 90.8 cm³/mol. The topological polar surface area (TPSA) is 0 Å². The molecule has 3 aromatic rings. The van der Waals surface area contributed by atoms with Crippen molar-refractivity contribution in [3.63, 3.8) is 0 Å². The van der Waals surface area contributed by atoms with Crippen LogP contribution in [0.1, 0.15) is 25.0 Å². The number of rotatable bonds is 2. The van der Waals surface area contributed by atoms with E-state index in [1.54, 1.807) is 0 Å². The van der Waals surface area contributed by atoms with Crippen molar-refractivity contribution in [1.29, 1.82) is 0 Å². The van der Waals surface area contributed by atoms with E-state index in [1.165, 1.54) is 35.8 Å². The highest BCUT2D eigenvalue weighted by molar-refractivity contribution is 9.10. The summed E-state index contributed by atoms with van der Waals surface area (Å²) in [5.74, 6) is 0. The van der Waals surface area contributed by atoms with E-state index < -0.39 is 0 Å². The molecular formula is C16H14BrClS. The highest BCUT2D eigenvalue weighted by Gasteiger charge is 2.12.